The summed E-state index contributed by atoms with van der Waals surface area (Å²) >= 11 is 4.29. The van der Waals surface area contributed by atoms with Gasteiger partial charge in [-0.15, -0.1) is 0 Å². The van der Waals surface area contributed by atoms with Crippen molar-refractivity contribution in [3.63, 3.8) is 0 Å². The van der Waals surface area contributed by atoms with E-state index in [4.69, 9.17) is 9.47 Å². The molecule has 0 amide bonds. The fourth-order valence-corrected chi connectivity index (χ4v) is 11.3. The summed E-state index contributed by atoms with van der Waals surface area (Å²) in [5, 5.41) is 0. The first kappa shape index (κ1) is 24.6. The first-order valence-electron chi connectivity index (χ1n) is 14.1. The van der Waals surface area contributed by atoms with Crippen LogP contribution in [0.15, 0.2) is 0 Å². The average molecular weight is 524 g/mol. The highest BCUT2D eigenvalue weighted by Gasteiger charge is 2.72. The second-order valence-electron chi connectivity index (χ2n) is 13.4. The van der Waals surface area contributed by atoms with Gasteiger partial charge in [-0.05, 0) is 85.9 Å². The summed E-state index contributed by atoms with van der Waals surface area (Å²) in [6.45, 7) is 12.4. The van der Waals surface area contributed by atoms with Crippen molar-refractivity contribution in [1.82, 2.24) is 0 Å². The summed E-state index contributed by atoms with van der Waals surface area (Å²) in [7, 11) is 0. The molecular formula is C29H47BrO3. The summed E-state index contributed by atoms with van der Waals surface area (Å²) in [6, 6.07) is 0. The van der Waals surface area contributed by atoms with Crippen molar-refractivity contribution in [2.45, 2.75) is 122 Å². The zero-order chi connectivity index (χ0) is 23.6. The molecule has 0 N–H and O–H groups in total. The number of hydrogen-bond acceptors (Lipinski definition) is 3. The van der Waals surface area contributed by atoms with Gasteiger partial charge in [0.1, 0.15) is 6.10 Å². The minimum absolute atomic E-state index is 0.00455. The molecule has 1 aliphatic heterocycles. The van der Waals surface area contributed by atoms with Gasteiger partial charge in [0.15, 0.2) is 0 Å². The Bertz CT molecular complexity index is 753. The lowest BCUT2D eigenvalue weighted by molar-refractivity contribution is -0.154. The number of carbonyl (C=O) groups is 1. The van der Waals surface area contributed by atoms with Gasteiger partial charge in [0.2, 0.25) is 0 Å². The van der Waals surface area contributed by atoms with Gasteiger partial charge in [0.25, 0.3) is 0 Å². The molecule has 5 rings (SSSR count). The molecule has 4 heteroatoms. The predicted octanol–water partition coefficient (Wildman–Crippen LogP) is 7.55. The third-order valence-corrected chi connectivity index (χ3v) is 13.1. The molecule has 5 aliphatic rings. The number of rotatable bonds is 6. The molecule has 0 radical (unpaired) electrons. The zero-order valence-electron chi connectivity index (χ0n) is 21.7. The highest BCUT2D eigenvalue weighted by molar-refractivity contribution is 9.10. The second kappa shape index (κ2) is 8.79. The van der Waals surface area contributed by atoms with Gasteiger partial charge in [-0.25, -0.2) is 0 Å². The van der Waals surface area contributed by atoms with Crippen molar-refractivity contribution in [2.75, 3.05) is 6.61 Å². The SMILES string of the molecule is CC(=O)OC1CC[C@]23COC(C[C@H]4[C@@H]5CC[C@H]([C@H](C)CCCC(C)C)[C@@]5(C)CC[C@@H]42)[C@@]3(Br)C1. The first-order valence-corrected chi connectivity index (χ1v) is 14.9. The minimum Gasteiger partial charge on any atom is -0.463 e. The van der Waals surface area contributed by atoms with Crippen LogP contribution in [-0.4, -0.2) is 29.1 Å². The molecule has 0 spiro atoms. The monoisotopic (exact) mass is 522 g/mol. The number of halogens is 1. The van der Waals surface area contributed by atoms with Crippen molar-refractivity contribution >= 4 is 21.9 Å². The van der Waals surface area contributed by atoms with Crippen molar-refractivity contribution in [2.24, 2.45) is 46.3 Å². The van der Waals surface area contributed by atoms with Crippen LogP contribution in [0, 0.1) is 46.3 Å². The minimum atomic E-state index is -0.137. The van der Waals surface area contributed by atoms with E-state index in [9.17, 15) is 4.79 Å². The van der Waals surface area contributed by atoms with Crippen molar-refractivity contribution in [3.8, 4) is 0 Å². The maximum atomic E-state index is 11.7. The van der Waals surface area contributed by atoms with Crippen molar-refractivity contribution in [1.29, 1.82) is 0 Å². The molecule has 3 nitrogen and oxygen atoms in total. The van der Waals surface area contributed by atoms with E-state index in [1.807, 2.05) is 0 Å². The van der Waals surface area contributed by atoms with Gasteiger partial charge in [-0.3, -0.25) is 4.79 Å². The highest BCUT2D eigenvalue weighted by atomic mass is 79.9. The number of carbonyl (C=O) groups excluding carboxylic acids is 1. The van der Waals surface area contributed by atoms with Crippen LogP contribution in [0.2, 0.25) is 0 Å². The summed E-state index contributed by atoms with van der Waals surface area (Å²) in [4.78, 5) is 11.7. The molecular weight excluding hydrogens is 476 g/mol. The maximum Gasteiger partial charge on any atom is 0.302 e. The molecule has 0 aromatic heterocycles. The van der Waals surface area contributed by atoms with E-state index >= 15 is 0 Å². The molecule has 0 aromatic carbocycles. The topological polar surface area (TPSA) is 35.5 Å². The Hall–Kier alpha value is -0.0900. The molecule has 33 heavy (non-hydrogen) atoms. The number of fused-ring (bicyclic) bond motifs is 3. The Balaban J connectivity index is 1.34. The van der Waals surface area contributed by atoms with Gasteiger partial charge in [-0.2, -0.15) is 0 Å². The molecule has 1 saturated heterocycles. The Morgan fingerprint density at radius 2 is 1.88 bits per heavy atom. The summed E-state index contributed by atoms with van der Waals surface area (Å²) in [5.41, 5.74) is 0.759. The molecule has 0 aromatic rings. The van der Waals surface area contributed by atoms with E-state index in [-0.39, 0.29) is 27.9 Å². The number of hydrogen-bond donors (Lipinski definition) is 0. The Kier molecular flexibility index (Phi) is 6.55. The van der Waals surface area contributed by atoms with Crippen LogP contribution in [0.3, 0.4) is 0 Å². The Morgan fingerprint density at radius 3 is 2.61 bits per heavy atom. The van der Waals surface area contributed by atoms with Crippen LogP contribution in [0.25, 0.3) is 0 Å². The van der Waals surface area contributed by atoms with Crippen molar-refractivity contribution in [3.05, 3.63) is 0 Å². The van der Waals surface area contributed by atoms with Crippen molar-refractivity contribution < 1.29 is 14.3 Å². The molecule has 2 bridgehead atoms. The van der Waals surface area contributed by atoms with Crippen LogP contribution < -0.4 is 0 Å². The second-order valence-corrected chi connectivity index (χ2v) is 14.9. The van der Waals surface area contributed by atoms with Crippen LogP contribution in [0.4, 0.5) is 0 Å². The predicted molar refractivity (Wildman–Crippen MR) is 136 cm³/mol. The zero-order valence-corrected chi connectivity index (χ0v) is 23.3. The molecule has 1 heterocycles. The summed E-state index contributed by atoms with van der Waals surface area (Å²) in [5.74, 6) is 4.92. The molecule has 5 fully saturated rings. The van der Waals surface area contributed by atoms with Gasteiger partial charge in [-0.1, -0.05) is 62.9 Å². The van der Waals surface area contributed by atoms with E-state index in [1.165, 1.54) is 51.4 Å². The van der Waals surface area contributed by atoms with Gasteiger partial charge < -0.3 is 9.47 Å². The standard InChI is InChI=1S/C29H47BrO3/c1-18(2)7-6-8-19(3)23-9-10-24-22-15-26-29(30)16-21(33-20(4)31)11-14-28(29,17-32-26)25(22)12-13-27(23,24)5/h18-19,21-26H,6-17H2,1-5H3/t19-,21?,22+,23-,24+,25+,26?,27-,28+,29+/m1/s1. The van der Waals surface area contributed by atoms with Crippen LogP contribution in [0.5, 0.6) is 0 Å². The number of esters is 1. The molecule has 10 atom stereocenters. The number of ether oxygens (including phenoxy) is 2. The molecule has 4 aliphatic carbocycles. The van der Waals surface area contributed by atoms with E-state index < -0.39 is 0 Å². The van der Waals surface area contributed by atoms with Crippen LogP contribution >= 0.6 is 15.9 Å². The average Bonchev–Trinajstić information content (AvgIpc) is 3.16. The number of alkyl halides is 1. The third kappa shape index (κ3) is 3.78. The molecule has 2 unspecified atom stereocenters. The lowest BCUT2D eigenvalue weighted by Gasteiger charge is -2.63. The van der Waals surface area contributed by atoms with E-state index in [2.05, 4.69) is 43.6 Å². The van der Waals surface area contributed by atoms with E-state index in [0.717, 1.165) is 61.4 Å². The fraction of sp³-hybridized carbons (Fsp3) is 0.966. The van der Waals surface area contributed by atoms with Crippen LogP contribution in [0.1, 0.15) is 105 Å². The Morgan fingerprint density at radius 1 is 1.09 bits per heavy atom. The van der Waals surface area contributed by atoms with Gasteiger partial charge in [0.05, 0.1) is 17.0 Å². The summed E-state index contributed by atoms with van der Waals surface area (Å²) in [6.07, 6.45) is 14.5. The lowest BCUT2D eigenvalue weighted by atomic mass is 9.44. The maximum absolute atomic E-state index is 11.7. The first-order chi connectivity index (χ1) is 15.6. The van der Waals surface area contributed by atoms with E-state index in [1.54, 1.807) is 6.92 Å². The van der Waals surface area contributed by atoms with Crippen LogP contribution in [-0.2, 0) is 14.3 Å². The highest BCUT2D eigenvalue weighted by Crippen LogP contribution is 2.73. The van der Waals surface area contributed by atoms with Gasteiger partial charge in [0, 0.05) is 18.8 Å². The summed E-state index contributed by atoms with van der Waals surface area (Å²) < 4.78 is 12.3. The Labute approximate surface area is 210 Å². The third-order valence-electron chi connectivity index (χ3n) is 11.5. The van der Waals surface area contributed by atoms with E-state index in [0.29, 0.717) is 5.41 Å². The molecule has 4 saturated carbocycles. The smallest absolute Gasteiger partial charge is 0.302 e. The fourth-order valence-electron chi connectivity index (χ4n) is 10.1. The molecule has 188 valence electrons. The normalized spacial score (nSPS) is 49.3. The largest absolute Gasteiger partial charge is 0.463 e. The van der Waals surface area contributed by atoms with Gasteiger partial charge >= 0.3 is 5.97 Å². The quantitative estimate of drug-likeness (QED) is 0.266. The lowest BCUT2D eigenvalue weighted by Crippen LogP contribution is -2.63.